The van der Waals surface area contributed by atoms with Gasteiger partial charge in [0.15, 0.2) is 0 Å². The van der Waals surface area contributed by atoms with Crippen molar-refractivity contribution in [1.82, 2.24) is 0 Å². The van der Waals surface area contributed by atoms with E-state index in [9.17, 15) is 10.1 Å². The average molecular weight is 435 g/mol. The van der Waals surface area contributed by atoms with Crippen LogP contribution in [0, 0.1) is 11.3 Å². The van der Waals surface area contributed by atoms with Crippen LogP contribution in [0.2, 0.25) is 0 Å². The number of fused-ring (bicyclic) bond motifs is 1. The van der Waals surface area contributed by atoms with E-state index in [1.54, 1.807) is 56.4 Å². The zero-order valence-electron chi connectivity index (χ0n) is 17.9. The van der Waals surface area contributed by atoms with E-state index in [2.05, 4.69) is 12.3 Å². The lowest BCUT2D eigenvalue weighted by Gasteiger charge is -2.18. The normalized spacial score (nSPS) is 12.1. The van der Waals surface area contributed by atoms with E-state index in [0.717, 1.165) is 24.0 Å². The van der Waals surface area contributed by atoms with Crippen LogP contribution in [-0.4, -0.2) is 30.3 Å². The van der Waals surface area contributed by atoms with Crippen LogP contribution in [0.25, 0.3) is 28.1 Å². The Morgan fingerprint density at radius 1 is 1.38 bits per heavy atom. The lowest BCUT2D eigenvalue weighted by Crippen LogP contribution is -2.24. The number of carbonyl (C=O) groups is 1. The van der Waals surface area contributed by atoms with Crippen LogP contribution >= 0.6 is 22.7 Å². The van der Waals surface area contributed by atoms with Gasteiger partial charge in [0, 0.05) is 25.9 Å². The number of ether oxygens (including phenoxy) is 1. The minimum atomic E-state index is -0.625. The molecule has 0 saturated heterocycles. The first-order valence-corrected chi connectivity index (χ1v) is 10.7. The molecule has 0 fully saturated rings. The van der Waals surface area contributed by atoms with Crippen molar-refractivity contribution < 1.29 is 14.6 Å². The molecule has 5 nitrogen and oxygen atoms in total. The van der Waals surface area contributed by atoms with Crippen LogP contribution in [0.1, 0.15) is 39.5 Å². The van der Waals surface area contributed by atoms with Gasteiger partial charge in [-0.2, -0.15) is 5.26 Å². The monoisotopic (exact) mass is 434 g/mol. The number of aliphatic hydroxyl groups is 1. The van der Waals surface area contributed by atoms with E-state index < -0.39 is 11.6 Å². The molecule has 2 aromatic rings. The number of hydrogen-bond donors (Lipinski definition) is 2. The van der Waals surface area contributed by atoms with Gasteiger partial charge in [0.1, 0.15) is 17.2 Å². The van der Waals surface area contributed by atoms with E-state index in [1.165, 1.54) is 7.05 Å². The first-order chi connectivity index (χ1) is 13.7. The predicted molar refractivity (Wildman–Crippen MR) is 126 cm³/mol. The minimum Gasteiger partial charge on any atom is -0.456 e. The Bertz CT molecular complexity index is 1000. The molecule has 2 rings (SSSR count). The summed E-state index contributed by atoms with van der Waals surface area (Å²) >= 11 is 3.15. The number of carbonyl (C=O) groups excluding carboxylic acids is 1. The van der Waals surface area contributed by atoms with Crippen molar-refractivity contribution in [2.24, 2.45) is 5.73 Å². The van der Waals surface area contributed by atoms with Crippen LogP contribution < -0.4 is 15.5 Å². The highest BCUT2D eigenvalue weighted by atomic mass is 32.1. The first kappa shape index (κ1) is 26.8. The Kier molecular flexibility index (Phi) is 12.1. The molecule has 7 heteroatoms. The maximum absolute atomic E-state index is 12.1. The summed E-state index contributed by atoms with van der Waals surface area (Å²) in [5.41, 5.74) is 3.88. The number of allylic oxidation sites excluding steroid dienone is 2. The van der Waals surface area contributed by atoms with Crippen molar-refractivity contribution in [2.45, 2.75) is 40.2 Å². The number of nitrogens with two attached hydrogens (primary N) is 1. The third kappa shape index (κ3) is 8.75. The number of esters is 1. The number of hydrogen-bond acceptors (Lipinski definition) is 7. The van der Waals surface area contributed by atoms with Crippen molar-refractivity contribution in [3.8, 4) is 6.07 Å². The quantitative estimate of drug-likeness (QED) is 0.437. The zero-order chi connectivity index (χ0) is 22.6. The molecular weight excluding hydrogens is 404 g/mol. The Hall–Kier alpha value is -2.24. The highest BCUT2D eigenvalue weighted by Gasteiger charge is 2.20. The molecule has 0 amide bonds. The van der Waals surface area contributed by atoms with Crippen LogP contribution in [0.4, 0.5) is 0 Å². The molecule has 3 N–H and O–H groups in total. The Balaban J connectivity index is 0.00000143. The summed E-state index contributed by atoms with van der Waals surface area (Å²) in [5, 5.41) is 17.9. The standard InChI is InChI=1S/C19H19NO2S2.C2H6O.CH5N/c1-6-7-8-15-12(2)23-16-10-14(24-17(15)16)9-13(11-20)18(21)22-19(3,4)5;1-2-3;1-2/h6-10H,2H2,1,3-5H3;3H,2H2,1H3;2H2,1H3/b7-6-,13-9+,15-8+;;. The molecule has 0 saturated carbocycles. The summed E-state index contributed by atoms with van der Waals surface area (Å²) in [6.45, 7) is 13.3. The summed E-state index contributed by atoms with van der Waals surface area (Å²) in [7, 11) is 1.50. The van der Waals surface area contributed by atoms with Gasteiger partial charge >= 0.3 is 5.97 Å². The van der Waals surface area contributed by atoms with Gasteiger partial charge in [-0.25, -0.2) is 4.79 Å². The molecule has 0 aliphatic rings. The molecule has 0 aliphatic heterocycles. The number of thiophene rings is 2. The summed E-state index contributed by atoms with van der Waals surface area (Å²) in [5.74, 6) is -0.597. The second-order valence-electron chi connectivity index (χ2n) is 6.46. The van der Waals surface area contributed by atoms with Crippen molar-refractivity contribution in [3.05, 3.63) is 38.4 Å². The fraction of sp³-hybridized carbons (Fsp3) is 0.364. The van der Waals surface area contributed by atoms with E-state index in [1.807, 2.05) is 37.3 Å². The molecule has 0 bridgehead atoms. The van der Waals surface area contributed by atoms with Crippen molar-refractivity contribution >= 4 is 56.8 Å². The van der Waals surface area contributed by atoms with Crippen molar-refractivity contribution in [1.29, 1.82) is 5.26 Å². The van der Waals surface area contributed by atoms with Crippen LogP contribution in [0.5, 0.6) is 0 Å². The lowest BCUT2D eigenvalue weighted by molar-refractivity contribution is -0.149. The maximum Gasteiger partial charge on any atom is 0.349 e. The summed E-state index contributed by atoms with van der Waals surface area (Å²) in [6.07, 6.45) is 7.57. The van der Waals surface area contributed by atoms with Gasteiger partial charge < -0.3 is 15.6 Å². The highest BCUT2D eigenvalue weighted by molar-refractivity contribution is 7.27. The summed E-state index contributed by atoms with van der Waals surface area (Å²) < 4.78 is 8.50. The van der Waals surface area contributed by atoms with Crippen LogP contribution in [0.3, 0.4) is 0 Å². The fourth-order valence-corrected chi connectivity index (χ4v) is 4.39. The third-order valence-corrected chi connectivity index (χ3v) is 5.23. The van der Waals surface area contributed by atoms with E-state index in [4.69, 9.17) is 9.84 Å². The van der Waals surface area contributed by atoms with Gasteiger partial charge in [-0.05, 0) is 53.8 Å². The van der Waals surface area contributed by atoms with Gasteiger partial charge in [0.25, 0.3) is 0 Å². The molecule has 2 aromatic heterocycles. The number of nitriles is 1. The van der Waals surface area contributed by atoms with Crippen molar-refractivity contribution in [3.63, 3.8) is 0 Å². The SMILES string of the molecule is C=c1sc2cc(/C=C(\C#N)C(=O)OC(C)(C)C)sc2/c1=C/C=C\C.CCO.CN. The molecule has 0 unspecified atom stereocenters. The predicted octanol–water partition coefficient (Wildman–Crippen LogP) is 3.55. The van der Waals surface area contributed by atoms with Gasteiger partial charge in [-0.1, -0.05) is 24.8 Å². The molecule has 0 radical (unpaired) electrons. The highest BCUT2D eigenvalue weighted by Crippen LogP contribution is 2.27. The van der Waals surface area contributed by atoms with Crippen LogP contribution in [0.15, 0.2) is 23.8 Å². The van der Waals surface area contributed by atoms with Gasteiger partial charge in [-0.3, -0.25) is 0 Å². The zero-order valence-corrected chi connectivity index (χ0v) is 19.5. The number of rotatable bonds is 3. The van der Waals surface area contributed by atoms with Gasteiger partial charge in [-0.15, -0.1) is 22.7 Å². The molecule has 158 valence electrons. The fourth-order valence-electron chi connectivity index (χ4n) is 2.01. The molecule has 2 heterocycles. The second kappa shape index (κ2) is 13.1. The number of aliphatic hydroxyl groups excluding tert-OH is 1. The Labute approximate surface area is 180 Å². The van der Waals surface area contributed by atoms with E-state index >= 15 is 0 Å². The largest absolute Gasteiger partial charge is 0.456 e. The summed E-state index contributed by atoms with van der Waals surface area (Å²) in [4.78, 5) is 12.9. The smallest absolute Gasteiger partial charge is 0.349 e. The Morgan fingerprint density at radius 2 is 1.97 bits per heavy atom. The molecule has 0 aromatic carbocycles. The van der Waals surface area contributed by atoms with E-state index in [-0.39, 0.29) is 12.2 Å². The molecule has 0 atom stereocenters. The lowest BCUT2D eigenvalue weighted by atomic mass is 10.2. The van der Waals surface area contributed by atoms with Gasteiger partial charge in [0.2, 0.25) is 0 Å². The molecule has 29 heavy (non-hydrogen) atoms. The van der Waals surface area contributed by atoms with Crippen molar-refractivity contribution in [2.75, 3.05) is 13.7 Å². The van der Waals surface area contributed by atoms with Gasteiger partial charge in [0.05, 0.1) is 4.70 Å². The maximum atomic E-state index is 12.1. The molecule has 0 aliphatic carbocycles. The summed E-state index contributed by atoms with van der Waals surface area (Å²) in [6, 6.07) is 3.92. The average Bonchev–Trinajstić information content (AvgIpc) is 3.15. The topological polar surface area (TPSA) is 96.3 Å². The van der Waals surface area contributed by atoms with E-state index in [0.29, 0.717) is 0 Å². The molecular formula is C22H30N2O3S2. The Morgan fingerprint density at radius 3 is 2.45 bits per heavy atom. The first-order valence-electron chi connectivity index (χ1n) is 9.04. The number of nitrogens with zero attached hydrogens (tertiary/aromatic N) is 1. The van der Waals surface area contributed by atoms with Crippen LogP contribution in [-0.2, 0) is 9.53 Å². The molecule has 0 spiro atoms. The minimum absolute atomic E-state index is 0.00709. The third-order valence-electron chi connectivity index (χ3n) is 2.98. The second-order valence-corrected chi connectivity index (χ2v) is 8.68.